The summed E-state index contributed by atoms with van der Waals surface area (Å²) in [5.41, 5.74) is 0.321. The SMILES string of the molecule is Cc1ccc(S(=O)(=O)OC2CCC(O)(C(C)C)CC2)cc1. The van der Waals surface area contributed by atoms with Crippen molar-refractivity contribution in [3.8, 4) is 0 Å². The first-order chi connectivity index (χ1) is 9.73. The zero-order valence-electron chi connectivity index (χ0n) is 12.9. The molecular weight excluding hydrogens is 288 g/mol. The highest BCUT2D eigenvalue weighted by Gasteiger charge is 2.37. The lowest BCUT2D eigenvalue weighted by Crippen LogP contribution is -2.41. The van der Waals surface area contributed by atoms with E-state index in [1.165, 1.54) is 0 Å². The van der Waals surface area contributed by atoms with Crippen molar-refractivity contribution in [3.05, 3.63) is 29.8 Å². The van der Waals surface area contributed by atoms with E-state index in [2.05, 4.69) is 0 Å². The van der Waals surface area contributed by atoms with Gasteiger partial charge in [0.15, 0.2) is 0 Å². The molecule has 118 valence electrons. The summed E-state index contributed by atoms with van der Waals surface area (Å²) in [6.45, 7) is 5.89. The highest BCUT2D eigenvalue weighted by Crippen LogP contribution is 2.36. The summed E-state index contributed by atoms with van der Waals surface area (Å²) in [6, 6.07) is 6.65. The smallest absolute Gasteiger partial charge is 0.297 e. The Bertz CT molecular complexity index is 567. The first kappa shape index (κ1) is 16.5. The summed E-state index contributed by atoms with van der Waals surface area (Å²) in [5, 5.41) is 10.4. The molecule has 1 N–H and O–H groups in total. The number of hydrogen-bond donors (Lipinski definition) is 1. The summed E-state index contributed by atoms with van der Waals surface area (Å²) in [7, 11) is -3.72. The summed E-state index contributed by atoms with van der Waals surface area (Å²) in [5.74, 6) is 0.173. The average molecular weight is 312 g/mol. The Balaban J connectivity index is 2.01. The molecule has 0 radical (unpaired) electrons. The van der Waals surface area contributed by atoms with Crippen molar-refractivity contribution in [2.75, 3.05) is 0 Å². The van der Waals surface area contributed by atoms with Crippen molar-refractivity contribution >= 4 is 10.1 Å². The summed E-state index contributed by atoms with van der Waals surface area (Å²) in [6.07, 6.45) is 1.96. The lowest BCUT2D eigenvalue weighted by Gasteiger charge is -2.38. The van der Waals surface area contributed by atoms with E-state index in [4.69, 9.17) is 4.18 Å². The van der Waals surface area contributed by atoms with Gasteiger partial charge in [0, 0.05) is 0 Å². The van der Waals surface area contributed by atoms with Crippen LogP contribution < -0.4 is 0 Å². The Morgan fingerprint density at radius 2 is 1.71 bits per heavy atom. The molecule has 4 nitrogen and oxygen atoms in total. The zero-order chi connectivity index (χ0) is 15.7. The van der Waals surface area contributed by atoms with Crippen molar-refractivity contribution in [2.45, 2.75) is 63.1 Å². The predicted molar refractivity (Wildman–Crippen MR) is 81.5 cm³/mol. The van der Waals surface area contributed by atoms with Crippen molar-refractivity contribution in [3.63, 3.8) is 0 Å². The number of rotatable bonds is 4. The lowest BCUT2D eigenvalue weighted by molar-refractivity contribution is -0.0584. The quantitative estimate of drug-likeness (QED) is 0.868. The van der Waals surface area contributed by atoms with Gasteiger partial charge in [-0.2, -0.15) is 8.42 Å². The Kier molecular flexibility index (Phi) is 4.76. The van der Waals surface area contributed by atoms with Crippen LogP contribution in [0, 0.1) is 12.8 Å². The zero-order valence-corrected chi connectivity index (χ0v) is 13.7. The van der Waals surface area contributed by atoms with Crippen LogP contribution in [0.5, 0.6) is 0 Å². The monoisotopic (exact) mass is 312 g/mol. The van der Waals surface area contributed by atoms with Crippen LogP contribution in [-0.4, -0.2) is 25.2 Å². The highest BCUT2D eigenvalue weighted by molar-refractivity contribution is 7.86. The number of aliphatic hydroxyl groups is 1. The van der Waals surface area contributed by atoms with Crippen molar-refractivity contribution in [2.24, 2.45) is 5.92 Å². The van der Waals surface area contributed by atoms with E-state index in [0.29, 0.717) is 25.7 Å². The first-order valence-electron chi connectivity index (χ1n) is 7.45. The molecule has 0 aliphatic heterocycles. The van der Waals surface area contributed by atoms with Crippen LogP contribution in [0.3, 0.4) is 0 Å². The molecule has 0 saturated heterocycles. The van der Waals surface area contributed by atoms with Gasteiger partial charge in [-0.1, -0.05) is 31.5 Å². The van der Waals surface area contributed by atoms with Gasteiger partial charge in [0.1, 0.15) is 0 Å². The van der Waals surface area contributed by atoms with E-state index in [9.17, 15) is 13.5 Å². The maximum atomic E-state index is 12.2. The maximum absolute atomic E-state index is 12.2. The number of hydrogen-bond acceptors (Lipinski definition) is 4. The molecular formula is C16H24O4S. The second kappa shape index (κ2) is 6.07. The van der Waals surface area contributed by atoms with Crippen LogP contribution in [0.15, 0.2) is 29.2 Å². The maximum Gasteiger partial charge on any atom is 0.297 e. The Morgan fingerprint density at radius 1 is 1.19 bits per heavy atom. The summed E-state index contributed by atoms with van der Waals surface area (Å²) in [4.78, 5) is 0.192. The topological polar surface area (TPSA) is 63.6 Å². The van der Waals surface area contributed by atoms with Crippen LogP contribution in [0.2, 0.25) is 0 Å². The van der Waals surface area contributed by atoms with E-state index in [1.54, 1.807) is 24.3 Å². The van der Waals surface area contributed by atoms with Gasteiger partial charge in [0.25, 0.3) is 10.1 Å². The van der Waals surface area contributed by atoms with E-state index in [1.807, 2.05) is 20.8 Å². The fourth-order valence-corrected chi connectivity index (χ4v) is 3.84. The van der Waals surface area contributed by atoms with Gasteiger partial charge >= 0.3 is 0 Å². The Labute approximate surface area is 127 Å². The fourth-order valence-electron chi connectivity index (χ4n) is 2.70. The van der Waals surface area contributed by atoms with Gasteiger partial charge in [0.2, 0.25) is 0 Å². The minimum absolute atomic E-state index is 0.173. The molecule has 0 aromatic heterocycles. The molecule has 0 heterocycles. The van der Waals surface area contributed by atoms with Crippen molar-refractivity contribution < 1.29 is 17.7 Å². The molecule has 1 fully saturated rings. The number of aryl methyl sites for hydroxylation is 1. The third-order valence-electron chi connectivity index (χ3n) is 4.45. The van der Waals surface area contributed by atoms with E-state index in [0.717, 1.165) is 5.56 Å². The standard InChI is InChI=1S/C16H24O4S/c1-12(2)16(17)10-8-14(9-11-16)20-21(18,19)15-6-4-13(3)5-7-15/h4-7,12,14,17H,8-11H2,1-3H3. The van der Waals surface area contributed by atoms with Gasteiger partial charge in [-0.25, -0.2) is 0 Å². The Hall–Kier alpha value is -0.910. The average Bonchev–Trinajstić information content (AvgIpc) is 2.42. The van der Waals surface area contributed by atoms with Gasteiger partial charge in [-0.15, -0.1) is 0 Å². The Morgan fingerprint density at radius 3 is 2.19 bits per heavy atom. The van der Waals surface area contributed by atoms with Crippen molar-refractivity contribution in [1.82, 2.24) is 0 Å². The largest absolute Gasteiger partial charge is 0.390 e. The predicted octanol–water partition coefficient (Wildman–Crippen LogP) is 3.03. The van der Waals surface area contributed by atoms with Gasteiger partial charge in [-0.05, 0) is 50.7 Å². The molecule has 1 aliphatic carbocycles. The van der Waals surface area contributed by atoms with Gasteiger partial charge in [0.05, 0.1) is 16.6 Å². The van der Waals surface area contributed by atoms with E-state index >= 15 is 0 Å². The molecule has 1 saturated carbocycles. The minimum Gasteiger partial charge on any atom is -0.390 e. The molecule has 1 aromatic carbocycles. The van der Waals surface area contributed by atoms with E-state index < -0.39 is 15.7 Å². The summed E-state index contributed by atoms with van der Waals surface area (Å²) < 4.78 is 29.8. The summed E-state index contributed by atoms with van der Waals surface area (Å²) >= 11 is 0. The minimum atomic E-state index is -3.72. The van der Waals surface area contributed by atoms with Crippen LogP contribution in [0.25, 0.3) is 0 Å². The van der Waals surface area contributed by atoms with Crippen LogP contribution in [-0.2, 0) is 14.3 Å². The molecule has 0 spiro atoms. The van der Waals surface area contributed by atoms with Crippen LogP contribution >= 0.6 is 0 Å². The van der Waals surface area contributed by atoms with Crippen LogP contribution in [0.1, 0.15) is 45.1 Å². The molecule has 0 amide bonds. The van der Waals surface area contributed by atoms with Crippen molar-refractivity contribution in [1.29, 1.82) is 0 Å². The molecule has 5 heteroatoms. The molecule has 0 bridgehead atoms. The number of benzene rings is 1. The molecule has 0 atom stereocenters. The normalized spacial score (nSPS) is 27.0. The molecule has 2 rings (SSSR count). The molecule has 0 unspecified atom stereocenters. The second-order valence-corrected chi connectivity index (χ2v) is 7.89. The molecule has 21 heavy (non-hydrogen) atoms. The third kappa shape index (κ3) is 3.84. The van der Waals surface area contributed by atoms with Gasteiger partial charge < -0.3 is 5.11 Å². The highest BCUT2D eigenvalue weighted by atomic mass is 32.2. The van der Waals surface area contributed by atoms with Gasteiger partial charge in [-0.3, -0.25) is 4.18 Å². The van der Waals surface area contributed by atoms with Crippen LogP contribution in [0.4, 0.5) is 0 Å². The lowest BCUT2D eigenvalue weighted by atomic mass is 9.76. The second-order valence-electron chi connectivity index (χ2n) is 6.32. The molecule has 1 aliphatic rings. The van der Waals surface area contributed by atoms with E-state index in [-0.39, 0.29) is 16.9 Å². The first-order valence-corrected chi connectivity index (χ1v) is 8.86. The third-order valence-corrected chi connectivity index (χ3v) is 5.82. The fraction of sp³-hybridized carbons (Fsp3) is 0.625. The molecule has 1 aromatic rings.